The zero-order valence-electron chi connectivity index (χ0n) is 10.7. The van der Waals surface area contributed by atoms with Crippen molar-refractivity contribution in [1.29, 1.82) is 0 Å². The zero-order valence-corrected chi connectivity index (χ0v) is 10.7. The van der Waals surface area contributed by atoms with Crippen LogP contribution in [0.5, 0.6) is 0 Å². The van der Waals surface area contributed by atoms with Crippen molar-refractivity contribution in [3.63, 3.8) is 0 Å². The molecule has 0 radical (unpaired) electrons. The van der Waals surface area contributed by atoms with E-state index in [0.717, 1.165) is 23.2 Å². The fourth-order valence-corrected chi connectivity index (χ4v) is 2.30. The highest BCUT2D eigenvalue weighted by molar-refractivity contribution is 6.05. The Labute approximate surface area is 106 Å². The van der Waals surface area contributed by atoms with E-state index < -0.39 is 5.92 Å². The first-order valence-electron chi connectivity index (χ1n) is 6.25. The fourth-order valence-electron chi connectivity index (χ4n) is 2.30. The van der Waals surface area contributed by atoms with Crippen LogP contribution in [0.1, 0.15) is 37.3 Å². The third kappa shape index (κ3) is 2.23. The molecule has 1 aliphatic heterocycles. The van der Waals surface area contributed by atoms with Crippen LogP contribution < -0.4 is 5.32 Å². The van der Waals surface area contributed by atoms with E-state index in [1.807, 2.05) is 25.1 Å². The van der Waals surface area contributed by atoms with Crippen molar-refractivity contribution < 1.29 is 14.3 Å². The summed E-state index contributed by atoms with van der Waals surface area (Å²) < 4.78 is 4.90. The predicted molar refractivity (Wildman–Crippen MR) is 68.4 cm³/mol. The number of esters is 1. The molecule has 1 aromatic rings. The van der Waals surface area contributed by atoms with Crippen molar-refractivity contribution in [2.45, 2.75) is 32.6 Å². The second-order valence-corrected chi connectivity index (χ2v) is 4.29. The summed E-state index contributed by atoms with van der Waals surface area (Å²) in [6.45, 7) is 4.14. The molecule has 4 nitrogen and oxygen atoms in total. The van der Waals surface area contributed by atoms with Crippen molar-refractivity contribution >= 4 is 17.6 Å². The number of hydrogen-bond donors (Lipinski definition) is 1. The lowest BCUT2D eigenvalue weighted by Gasteiger charge is -2.08. The van der Waals surface area contributed by atoms with Gasteiger partial charge in [0.1, 0.15) is 0 Å². The molecular weight excluding hydrogens is 230 g/mol. The molecule has 0 bridgehead atoms. The van der Waals surface area contributed by atoms with Gasteiger partial charge in [-0.25, -0.2) is 0 Å². The number of aryl methyl sites for hydroxylation is 1. The first-order valence-corrected chi connectivity index (χ1v) is 6.25. The number of benzene rings is 1. The molecular formula is C14H17NO3. The van der Waals surface area contributed by atoms with Crippen molar-refractivity contribution in [3.05, 3.63) is 29.3 Å². The molecule has 0 spiro atoms. The summed E-state index contributed by atoms with van der Waals surface area (Å²) >= 11 is 0. The average molecular weight is 247 g/mol. The minimum Gasteiger partial charge on any atom is -0.466 e. The maximum Gasteiger partial charge on any atom is 0.306 e. The lowest BCUT2D eigenvalue weighted by atomic mass is 9.95. The van der Waals surface area contributed by atoms with Crippen LogP contribution in [0.15, 0.2) is 18.2 Å². The van der Waals surface area contributed by atoms with Crippen LogP contribution in [0.3, 0.4) is 0 Å². The standard InChI is InChI=1S/C14H17NO3/c1-3-9-6-5-7-10-11(8-12(16)18-4-2)14(17)15-13(9)10/h5-7,11H,3-4,8H2,1-2H3,(H,15,17). The van der Waals surface area contributed by atoms with Crippen LogP contribution >= 0.6 is 0 Å². The number of fused-ring (bicyclic) bond motifs is 1. The third-order valence-electron chi connectivity index (χ3n) is 3.18. The second kappa shape index (κ2) is 5.21. The monoisotopic (exact) mass is 247 g/mol. The highest BCUT2D eigenvalue weighted by atomic mass is 16.5. The number of carbonyl (C=O) groups is 2. The van der Waals surface area contributed by atoms with Gasteiger partial charge in [-0.15, -0.1) is 0 Å². The topological polar surface area (TPSA) is 55.4 Å². The number of rotatable bonds is 4. The number of amides is 1. The molecule has 0 aliphatic carbocycles. The lowest BCUT2D eigenvalue weighted by Crippen LogP contribution is -2.17. The van der Waals surface area contributed by atoms with Crippen LogP contribution in [0, 0.1) is 0 Å². The second-order valence-electron chi connectivity index (χ2n) is 4.29. The van der Waals surface area contributed by atoms with Gasteiger partial charge in [0.25, 0.3) is 0 Å². The first kappa shape index (κ1) is 12.6. The number of carbonyl (C=O) groups excluding carboxylic acids is 2. The van der Waals surface area contributed by atoms with Crippen molar-refractivity contribution in [3.8, 4) is 0 Å². The summed E-state index contributed by atoms with van der Waals surface area (Å²) in [5.41, 5.74) is 2.89. The van der Waals surface area contributed by atoms with Gasteiger partial charge < -0.3 is 10.1 Å². The van der Waals surface area contributed by atoms with E-state index in [1.54, 1.807) is 6.92 Å². The maximum absolute atomic E-state index is 11.9. The molecule has 1 aromatic carbocycles. The van der Waals surface area contributed by atoms with Gasteiger partial charge in [0.15, 0.2) is 0 Å². The van der Waals surface area contributed by atoms with Crippen molar-refractivity contribution in [2.24, 2.45) is 0 Å². The maximum atomic E-state index is 11.9. The minimum absolute atomic E-state index is 0.111. The molecule has 1 amide bonds. The lowest BCUT2D eigenvalue weighted by molar-refractivity contribution is -0.144. The fraction of sp³-hybridized carbons (Fsp3) is 0.429. The van der Waals surface area contributed by atoms with Gasteiger partial charge in [0, 0.05) is 5.69 Å². The van der Waals surface area contributed by atoms with Crippen LogP contribution in [0.4, 0.5) is 5.69 Å². The normalized spacial score (nSPS) is 17.2. The van der Waals surface area contributed by atoms with Gasteiger partial charge in [0.05, 0.1) is 18.9 Å². The Hall–Kier alpha value is -1.84. The summed E-state index contributed by atoms with van der Waals surface area (Å²) in [4.78, 5) is 23.4. The highest BCUT2D eigenvalue weighted by Gasteiger charge is 2.33. The molecule has 1 aliphatic rings. The summed E-state index contributed by atoms with van der Waals surface area (Å²) in [6.07, 6.45) is 0.968. The van der Waals surface area contributed by atoms with E-state index in [1.165, 1.54) is 0 Å². The Morgan fingerprint density at radius 2 is 2.17 bits per heavy atom. The predicted octanol–water partition coefficient (Wildman–Crippen LogP) is 2.24. The summed E-state index contributed by atoms with van der Waals surface area (Å²) in [7, 11) is 0. The number of nitrogens with one attached hydrogen (secondary N) is 1. The molecule has 1 unspecified atom stereocenters. The molecule has 1 N–H and O–H groups in total. The van der Waals surface area contributed by atoms with Gasteiger partial charge in [-0.1, -0.05) is 25.1 Å². The van der Waals surface area contributed by atoms with Gasteiger partial charge >= 0.3 is 5.97 Å². The van der Waals surface area contributed by atoms with E-state index in [4.69, 9.17) is 4.74 Å². The number of para-hydroxylation sites is 1. The average Bonchev–Trinajstić information content (AvgIpc) is 2.66. The molecule has 0 saturated heterocycles. The Morgan fingerprint density at radius 1 is 1.39 bits per heavy atom. The quantitative estimate of drug-likeness (QED) is 0.830. The molecule has 0 aromatic heterocycles. The Bertz CT molecular complexity index is 482. The van der Waals surface area contributed by atoms with E-state index in [0.29, 0.717) is 6.61 Å². The zero-order chi connectivity index (χ0) is 13.1. The number of hydrogen-bond acceptors (Lipinski definition) is 3. The van der Waals surface area contributed by atoms with E-state index in [9.17, 15) is 9.59 Å². The van der Waals surface area contributed by atoms with E-state index in [-0.39, 0.29) is 18.3 Å². The van der Waals surface area contributed by atoms with Crippen LogP contribution in [-0.2, 0) is 20.7 Å². The Balaban J connectivity index is 2.25. The largest absolute Gasteiger partial charge is 0.466 e. The van der Waals surface area contributed by atoms with Crippen molar-refractivity contribution in [1.82, 2.24) is 0 Å². The molecule has 0 saturated carbocycles. The number of anilines is 1. The molecule has 2 rings (SSSR count). The van der Waals surface area contributed by atoms with Gasteiger partial charge in [-0.05, 0) is 24.5 Å². The van der Waals surface area contributed by atoms with Crippen LogP contribution in [0.2, 0.25) is 0 Å². The van der Waals surface area contributed by atoms with Gasteiger partial charge in [-0.3, -0.25) is 9.59 Å². The molecule has 96 valence electrons. The Morgan fingerprint density at radius 3 is 2.83 bits per heavy atom. The minimum atomic E-state index is -0.412. The van der Waals surface area contributed by atoms with Crippen LogP contribution in [0.25, 0.3) is 0 Å². The Kier molecular flexibility index (Phi) is 3.65. The van der Waals surface area contributed by atoms with Gasteiger partial charge in [0.2, 0.25) is 5.91 Å². The van der Waals surface area contributed by atoms with Crippen molar-refractivity contribution in [2.75, 3.05) is 11.9 Å². The van der Waals surface area contributed by atoms with Crippen LogP contribution in [-0.4, -0.2) is 18.5 Å². The van der Waals surface area contributed by atoms with E-state index >= 15 is 0 Å². The molecule has 18 heavy (non-hydrogen) atoms. The summed E-state index contributed by atoms with van der Waals surface area (Å²) in [5.74, 6) is -0.850. The van der Waals surface area contributed by atoms with Gasteiger partial charge in [-0.2, -0.15) is 0 Å². The molecule has 1 heterocycles. The summed E-state index contributed by atoms with van der Waals surface area (Å²) in [5, 5.41) is 2.87. The SMILES string of the molecule is CCOC(=O)CC1C(=O)Nc2c(CC)cccc21. The van der Waals surface area contributed by atoms with E-state index in [2.05, 4.69) is 5.32 Å². The molecule has 1 atom stereocenters. The highest BCUT2D eigenvalue weighted by Crippen LogP contribution is 2.37. The third-order valence-corrected chi connectivity index (χ3v) is 3.18. The summed E-state index contributed by atoms with van der Waals surface area (Å²) in [6, 6.07) is 5.82. The first-order chi connectivity index (χ1) is 8.67. The number of ether oxygens (including phenoxy) is 1. The molecule has 4 heteroatoms. The molecule has 0 fully saturated rings. The smallest absolute Gasteiger partial charge is 0.306 e.